The number of hydrogen-bond donors (Lipinski definition) is 1. The zero-order chi connectivity index (χ0) is 19.2. The van der Waals surface area contributed by atoms with Gasteiger partial charge in [0.25, 0.3) is 5.91 Å². The van der Waals surface area contributed by atoms with Crippen LogP contribution in [0.5, 0.6) is 0 Å². The minimum absolute atomic E-state index is 0.257. The van der Waals surface area contributed by atoms with Gasteiger partial charge in [0.2, 0.25) is 0 Å². The van der Waals surface area contributed by atoms with Crippen LogP contribution in [0, 0.1) is 11.3 Å². The number of imide groups is 1. The van der Waals surface area contributed by atoms with Gasteiger partial charge in [-0.3, -0.25) is 9.69 Å². The van der Waals surface area contributed by atoms with Crippen LogP contribution in [0.4, 0.5) is 4.79 Å². The third-order valence-corrected chi connectivity index (χ3v) is 4.97. The monoisotopic (exact) mass is 381 g/mol. The Bertz CT molecular complexity index is 939. The molecule has 0 saturated carbocycles. The molecule has 0 aliphatic carbocycles. The van der Waals surface area contributed by atoms with Crippen LogP contribution < -0.4 is 5.32 Å². The lowest BCUT2D eigenvalue weighted by Crippen LogP contribution is -2.37. The van der Waals surface area contributed by atoms with Gasteiger partial charge in [-0.15, -0.1) is 0 Å². The fraction of sp³-hybridized carbons (Fsp3) is 0.158. The van der Waals surface area contributed by atoms with Gasteiger partial charge in [0, 0.05) is 22.9 Å². The maximum Gasteiger partial charge on any atom is 0.339 e. The molecule has 0 radical (unpaired) electrons. The van der Waals surface area contributed by atoms with E-state index < -0.39 is 24.5 Å². The number of urea groups is 1. The molecule has 3 rings (SSSR count). The minimum atomic E-state index is -0.666. The summed E-state index contributed by atoms with van der Waals surface area (Å²) >= 11 is 1.27. The molecule has 1 N–H and O–H groups in total. The third kappa shape index (κ3) is 4.27. The number of ether oxygens (including phenoxy) is 1. The van der Waals surface area contributed by atoms with Crippen LogP contribution in [0.25, 0.3) is 0 Å². The van der Waals surface area contributed by atoms with Gasteiger partial charge in [-0.05, 0) is 24.3 Å². The van der Waals surface area contributed by atoms with Gasteiger partial charge in [0.05, 0.1) is 11.1 Å². The SMILES string of the molecule is N#Cc1ccccc1Sc1ccccc1C(=O)OCC(=O)N1CCNC1=O. The Morgan fingerprint density at radius 3 is 2.56 bits per heavy atom. The van der Waals surface area contributed by atoms with Crippen molar-refractivity contribution in [3.63, 3.8) is 0 Å². The summed E-state index contributed by atoms with van der Waals surface area (Å²) in [5.41, 5.74) is 0.787. The highest BCUT2D eigenvalue weighted by molar-refractivity contribution is 7.99. The molecule has 1 aliphatic heterocycles. The van der Waals surface area contributed by atoms with Crippen LogP contribution >= 0.6 is 11.8 Å². The third-order valence-electron chi connectivity index (χ3n) is 3.82. The quantitative estimate of drug-likeness (QED) is 0.799. The van der Waals surface area contributed by atoms with E-state index in [1.807, 2.05) is 6.07 Å². The number of benzene rings is 2. The summed E-state index contributed by atoms with van der Waals surface area (Å²) in [7, 11) is 0. The molecule has 0 aromatic heterocycles. The molecule has 0 atom stereocenters. The topological polar surface area (TPSA) is 99.5 Å². The molecule has 1 saturated heterocycles. The van der Waals surface area contributed by atoms with E-state index in [1.165, 1.54) is 11.8 Å². The molecule has 2 aromatic rings. The second-order valence-corrected chi connectivity index (χ2v) is 6.64. The number of nitriles is 1. The predicted octanol–water partition coefficient (Wildman–Crippen LogP) is 2.42. The number of carbonyl (C=O) groups is 3. The van der Waals surface area contributed by atoms with Gasteiger partial charge in [-0.2, -0.15) is 5.26 Å². The molecule has 0 unspecified atom stereocenters. The zero-order valence-corrected chi connectivity index (χ0v) is 15.0. The molecule has 7 nitrogen and oxygen atoms in total. The molecule has 1 aliphatic rings. The first-order chi connectivity index (χ1) is 13.1. The number of amides is 3. The van der Waals surface area contributed by atoms with E-state index in [9.17, 15) is 19.6 Å². The van der Waals surface area contributed by atoms with Crippen molar-refractivity contribution >= 4 is 29.7 Å². The average Bonchev–Trinajstić information content (AvgIpc) is 3.12. The molecule has 1 heterocycles. The van der Waals surface area contributed by atoms with Crippen LogP contribution in [0.1, 0.15) is 15.9 Å². The first-order valence-electron chi connectivity index (χ1n) is 8.11. The van der Waals surface area contributed by atoms with Gasteiger partial charge in [0.15, 0.2) is 6.61 Å². The molecule has 3 amide bonds. The number of carbonyl (C=O) groups excluding carboxylic acids is 3. The number of hydrogen-bond acceptors (Lipinski definition) is 6. The van der Waals surface area contributed by atoms with Crippen LogP contribution in [-0.2, 0) is 9.53 Å². The molecular formula is C19H15N3O4S. The number of esters is 1. The summed E-state index contributed by atoms with van der Waals surface area (Å²) in [6.45, 7) is 0.128. The van der Waals surface area contributed by atoms with E-state index in [4.69, 9.17) is 4.74 Å². The fourth-order valence-electron chi connectivity index (χ4n) is 2.48. The van der Waals surface area contributed by atoms with E-state index in [0.717, 1.165) is 4.90 Å². The van der Waals surface area contributed by atoms with Crippen molar-refractivity contribution in [1.29, 1.82) is 5.26 Å². The van der Waals surface area contributed by atoms with Crippen LogP contribution in [0.15, 0.2) is 58.3 Å². The molecule has 0 bridgehead atoms. The first-order valence-corrected chi connectivity index (χ1v) is 8.93. The van der Waals surface area contributed by atoms with Crippen LogP contribution in [0.2, 0.25) is 0 Å². The molecule has 8 heteroatoms. The maximum atomic E-state index is 12.4. The first kappa shape index (κ1) is 18.5. The van der Waals surface area contributed by atoms with Crippen molar-refractivity contribution in [2.24, 2.45) is 0 Å². The maximum absolute atomic E-state index is 12.4. The van der Waals surface area contributed by atoms with E-state index in [0.29, 0.717) is 21.9 Å². The molecule has 1 fully saturated rings. The van der Waals surface area contributed by atoms with Gasteiger partial charge < -0.3 is 10.1 Å². The Balaban J connectivity index is 1.71. The lowest BCUT2D eigenvalue weighted by molar-refractivity contribution is -0.130. The molecule has 0 spiro atoms. The molecule has 2 aromatic carbocycles. The van der Waals surface area contributed by atoms with E-state index in [-0.39, 0.29) is 12.1 Å². The summed E-state index contributed by atoms with van der Waals surface area (Å²) in [5.74, 6) is -1.24. The molecule has 27 heavy (non-hydrogen) atoms. The number of rotatable bonds is 5. The van der Waals surface area contributed by atoms with Crippen molar-refractivity contribution in [2.75, 3.05) is 19.7 Å². The summed E-state index contributed by atoms with van der Waals surface area (Å²) in [6, 6.07) is 15.5. The second kappa shape index (κ2) is 8.38. The summed E-state index contributed by atoms with van der Waals surface area (Å²) in [4.78, 5) is 38.2. The molecule has 136 valence electrons. The van der Waals surface area contributed by atoms with Crippen LogP contribution in [0.3, 0.4) is 0 Å². The standard InChI is InChI=1S/C19H15N3O4S/c20-11-13-5-1-3-7-15(13)27-16-8-4-2-6-14(16)18(24)26-12-17(23)22-10-9-21-19(22)25/h1-8H,9-10,12H2,(H,21,25). The van der Waals surface area contributed by atoms with Crippen molar-refractivity contribution in [3.8, 4) is 6.07 Å². The van der Waals surface area contributed by atoms with Crippen molar-refractivity contribution in [3.05, 3.63) is 59.7 Å². The Morgan fingerprint density at radius 2 is 1.85 bits per heavy atom. The minimum Gasteiger partial charge on any atom is -0.452 e. The predicted molar refractivity (Wildman–Crippen MR) is 97.1 cm³/mol. The lowest BCUT2D eigenvalue weighted by Gasteiger charge is -2.13. The van der Waals surface area contributed by atoms with Gasteiger partial charge in [0.1, 0.15) is 6.07 Å². The van der Waals surface area contributed by atoms with E-state index in [1.54, 1.807) is 42.5 Å². The van der Waals surface area contributed by atoms with Gasteiger partial charge >= 0.3 is 12.0 Å². The highest BCUT2D eigenvalue weighted by atomic mass is 32.2. The van der Waals surface area contributed by atoms with E-state index in [2.05, 4.69) is 11.4 Å². The summed E-state index contributed by atoms with van der Waals surface area (Å²) in [6.07, 6.45) is 0. The Hall–Kier alpha value is -3.31. The van der Waals surface area contributed by atoms with Gasteiger partial charge in [-0.1, -0.05) is 36.0 Å². The fourth-order valence-corrected chi connectivity index (χ4v) is 3.50. The normalized spacial score (nSPS) is 13.0. The zero-order valence-electron chi connectivity index (χ0n) is 14.2. The Morgan fingerprint density at radius 1 is 1.15 bits per heavy atom. The highest BCUT2D eigenvalue weighted by Crippen LogP contribution is 2.32. The van der Waals surface area contributed by atoms with Crippen molar-refractivity contribution < 1.29 is 19.1 Å². The van der Waals surface area contributed by atoms with Crippen molar-refractivity contribution in [1.82, 2.24) is 10.2 Å². The number of nitrogens with zero attached hydrogens (tertiary/aromatic N) is 2. The Kier molecular flexibility index (Phi) is 5.74. The largest absolute Gasteiger partial charge is 0.452 e. The smallest absolute Gasteiger partial charge is 0.339 e. The lowest BCUT2D eigenvalue weighted by atomic mass is 10.2. The van der Waals surface area contributed by atoms with Gasteiger partial charge in [-0.25, -0.2) is 9.59 Å². The number of nitrogens with one attached hydrogen (secondary N) is 1. The van der Waals surface area contributed by atoms with Crippen LogP contribution in [-0.4, -0.2) is 42.5 Å². The molecular weight excluding hydrogens is 366 g/mol. The Labute approximate surface area is 159 Å². The summed E-state index contributed by atoms with van der Waals surface area (Å²) in [5, 5.41) is 11.7. The highest BCUT2D eigenvalue weighted by Gasteiger charge is 2.27. The second-order valence-electron chi connectivity index (χ2n) is 5.56. The van der Waals surface area contributed by atoms with Crippen molar-refractivity contribution in [2.45, 2.75) is 9.79 Å². The average molecular weight is 381 g/mol. The summed E-state index contributed by atoms with van der Waals surface area (Å²) < 4.78 is 5.10. The van der Waals surface area contributed by atoms with E-state index >= 15 is 0 Å².